The van der Waals surface area contributed by atoms with E-state index < -0.39 is 0 Å². The SMILES string of the molecule is C=C(C)C(=O)OCC[CH]CCCN. The molecule has 0 heterocycles. The first-order valence-electron chi connectivity index (χ1n) is 4.53. The molecule has 0 spiro atoms. The Kier molecular flexibility index (Phi) is 7.30. The smallest absolute Gasteiger partial charge is 0.333 e. The lowest BCUT2D eigenvalue weighted by atomic mass is 10.2. The van der Waals surface area contributed by atoms with Crippen LogP contribution in [0.25, 0.3) is 0 Å². The quantitative estimate of drug-likeness (QED) is 0.370. The second-order valence-corrected chi connectivity index (χ2v) is 2.92. The van der Waals surface area contributed by atoms with Crippen molar-refractivity contribution in [3.05, 3.63) is 18.6 Å². The highest BCUT2D eigenvalue weighted by Gasteiger charge is 2.01. The minimum Gasteiger partial charge on any atom is -0.462 e. The average molecular weight is 184 g/mol. The van der Waals surface area contributed by atoms with Gasteiger partial charge in [-0.2, -0.15) is 0 Å². The van der Waals surface area contributed by atoms with Gasteiger partial charge in [0, 0.05) is 5.57 Å². The Morgan fingerprint density at radius 2 is 2.23 bits per heavy atom. The molecule has 0 aliphatic heterocycles. The zero-order valence-corrected chi connectivity index (χ0v) is 8.21. The predicted molar refractivity (Wildman–Crippen MR) is 53.0 cm³/mol. The highest BCUT2D eigenvalue weighted by Crippen LogP contribution is 1.99. The molecule has 75 valence electrons. The van der Waals surface area contributed by atoms with E-state index in [1.54, 1.807) is 6.92 Å². The molecule has 0 saturated carbocycles. The van der Waals surface area contributed by atoms with Crippen molar-refractivity contribution >= 4 is 5.97 Å². The van der Waals surface area contributed by atoms with Gasteiger partial charge in [-0.3, -0.25) is 0 Å². The Bertz CT molecular complexity index is 166. The Morgan fingerprint density at radius 1 is 1.54 bits per heavy atom. The molecule has 0 unspecified atom stereocenters. The molecule has 0 aliphatic rings. The molecule has 0 aromatic heterocycles. The molecule has 0 aromatic rings. The lowest BCUT2D eigenvalue weighted by molar-refractivity contribution is -0.138. The van der Waals surface area contributed by atoms with Crippen LogP contribution in [0.5, 0.6) is 0 Å². The van der Waals surface area contributed by atoms with Gasteiger partial charge in [0.1, 0.15) is 0 Å². The van der Waals surface area contributed by atoms with Crippen LogP contribution in [0.2, 0.25) is 0 Å². The normalized spacial score (nSPS) is 9.69. The number of nitrogens with two attached hydrogens (primary N) is 1. The highest BCUT2D eigenvalue weighted by atomic mass is 16.5. The molecule has 3 nitrogen and oxygen atoms in total. The van der Waals surface area contributed by atoms with E-state index in [1.165, 1.54) is 0 Å². The van der Waals surface area contributed by atoms with E-state index in [9.17, 15) is 4.79 Å². The Hall–Kier alpha value is -0.830. The summed E-state index contributed by atoms with van der Waals surface area (Å²) in [6, 6.07) is 0. The third kappa shape index (κ3) is 7.53. The molecule has 0 aromatic carbocycles. The molecule has 0 bridgehead atoms. The van der Waals surface area contributed by atoms with E-state index >= 15 is 0 Å². The molecule has 0 atom stereocenters. The summed E-state index contributed by atoms with van der Waals surface area (Å²) in [4.78, 5) is 10.9. The number of ether oxygens (including phenoxy) is 1. The number of rotatable bonds is 7. The molecule has 0 fully saturated rings. The van der Waals surface area contributed by atoms with Crippen LogP contribution in [0.4, 0.5) is 0 Å². The summed E-state index contributed by atoms with van der Waals surface area (Å²) in [7, 11) is 0. The van der Waals surface area contributed by atoms with Crippen LogP contribution in [0.1, 0.15) is 26.2 Å². The van der Waals surface area contributed by atoms with E-state index in [2.05, 4.69) is 13.0 Å². The summed E-state index contributed by atoms with van der Waals surface area (Å²) in [5, 5.41) is 0. The van der Waals surface area contributed by atoms with Gasteiger partial charge in [0.2, 0.25) is 0 Å². The number of carbonyl (C=O) groups excluding carboxylic acids is 1. The molecule has 0 amide bonds. The molecule has 0 rings (SSSR count). The Morgan fingerprint density at radius 3 is 2.77 bits per heavy atom. The maximum atomic E-state index is 10.9. The molecular weight excluding hydrogens is 166 g/mol. The second kappa shape index (κ2) is 7.80. The van der Waals surface area contributed by atoms with Crippen LogP contribution in [-0.4, -0.2) is 19.1 Å². The van der Waals surface area contributed by atoms with Crippen molar-refractivity contribution in [3.8, 4) is 0 Å². The van der Waals surface area contributed by atoms with E-state index in [0.29, 0.717) is 18.7 Å². The standard InChI is InChI=1S/C10H18NO2/c1-9(2)10(12)13-8-6-4-3-5-7-11/h4H,1,3,5-8,11H2,2H3. The number of unbranched alkanes of at least 4 members (excludes halogenated alkanes) is 3. The summed E-state index contributed by atoms with van der Waals surface area (Å²) in [6.45, 7) is 6.27. The van der Waals surface area contributed by atoms with Gasteiger partial charge in [0.25, 0.3) is 0 Å². The van der Waals surface area contributed by atoms with Gasteiger partial charge in [0.05, 0.1) is 6.61 Å². The monoisotopic (exact) mass is 184 g/mol. The van der Waals surface area contributed by atoms with Gasteiger partial charge in [-0.25, -0.2) is 4.79 Å². The fourth-order valence-electron chi connectivity index (χ4n) is 0.765. The molecule has 2 N–H and O–H groups in total. The first-order chi connectivity index (χ1) is 6.18. The topological polar surface area (TPSA) is 52.3 Å². The van der Waals surface area contributed by atoms with Gasteiger partial charge in [-0.15, -0.1) is 0 Å². The third-order valence-electron chi connectivity index (χ3n) is 1.52. The van der Waals surface area contributed by atoms with Crippen molar-refractivity contribution in [2.75, 3.05) is 13.2 Å². The summed E-state index contributed by atoms with van der Waals surface area (Å²) < 4.78 is 4.88. The Labute approximate surface area is 79.9 Å². The van der Waals surface area contributed by atoms with Gasteiger partial charge >= 0.3 is 5.97 Å². The lowest BCUT2D eigenvalue weighted by Crippen LogP contribution is -2.06. The average Bonchev–Trinajstić information content (AvgIpc) is 2.10. The van der Waals surface area contributed by atoms with Gasteiger partial charge < -0.3 is 10.5 Å². The Balaban J connectivity index is 3.16. The zero-order chi connectivity index (χ0) is 10.1. The fourth-order valence-corrected chi connectivity index (χ4v) is 0.765. The molecule has 0 aliphatic carbocycles. The van der Waals surface area contributed by atoms with E-state index in [0.717, 1.165) is 19.3 Å². The van der Waals surface area contributed by atoms with Crippen molar-refractivity contribution < 1.29 is 9.53 Å². The molecular formula is C10H18NO2. The van der Waals surface area contributed by atoms with Crippen LogP contribution in [0, 0.1) is 6.42 Å². The van der Waals surface area contributed by atoms with Crippen LogP contribution in [-0.2, 0) is 9.53 Å². The molecule has 1 radical (unpaired) electrons. The number of esters is 1. The minimum absolute atomic E-state index is 0.313. The number of hydrogen-bond donors (Lipinski definition) is 1. The summed E-state index contributed by atoms with van der Waals surface area (Å²) >= 11 is 0. The summed E-state index contributed by atoms with van der Waals surface area (Å²) in [6.07, 6.45) is 4.85. The van der Waals surface area contributed by atoms with E-state index in [-0.39, 0.29) is 5.97 Å². The third-order valence-corrected chi connectivity index (χ3v) is 1.52. The highest BCUT2D eigenvalue weighted by molar-refractivity contribution is 5.86. The first-order valence-corrected chi connectivity index (χ1v) is 4.53. The first kappa shape index (κ1) is 12.2. The minimum atomic E-state index is -0.313. The van der Waals surface area contributed by atoms with Crippen LogP contribution in [0.15, 0.2) is 12.2 Å². The second-order valence-electron chi connectivity index (χ2n) is 2.92. The number of hydrogen-bond acceptors (Lipinski definition) is 3. The fraction of sp³-hybridized carbons (Fsp3) is 0.600. The summed E-state index contributed by atoms with van der Waals surface area (Å²) in [5.74, 6) is -0.313. The molecule has 13 heavy (non-hydrogen) atoms. The van der Waals surface area contributed by atoms with E-state index in [1.807, 2.05) is 0 Å². The van der Waals surface area contributed by atoms with E-state index in [4.69, 9.17) is 10.5 Å². The van der Waals surface area contributed by atoms with Crippen LogP contribution < -0.4 is 5.73 Å². The van der Waals surface area contributed by atoms with Gasteiger partial charge in [-0.05, 0) is 39.2 Å². The van der Waals surface area contributed by atoms with Crippen molar-refractivity contribution in [3.63, 3.8) is 0 Å². The lowest BCUT2D eigenvalue weighted by Gasteiger charge is -2.03. The zero-order valence-electron chi connectivity index (χ0n) is 8.21. The maximum Gasteiger partial charge on any atom is 0.333 e. The van der Waals surface area contributed by atoms with Crippen molar-refractivity contribution in [2.45, 2.75) is 26.2 Å². The van der Waals surface area contributed by atoms with Crippen molar-refractivity contribution in [1.82, 2.24) is 0 Å². The maximum absolute atomic E-state index is 10.9. The van der Waals surface area contributed by atoms with Crippen molar-refractivity contribution in [1.29, 1.82) is 0 Å². The van der Waals surface area contributed by atoms with Gasteiger partial charge in [0.15, 0.2) is 0 Å². The molecule has 3 heteroatoms. The van der Waals surface area contributed by atoms with Crippen molar-refractivity contribution in [2.24, 2.45) is 5.73 Å². The van der Waals surface area contributed by atoms with Gasteiger partial charge in [-0.1, -0.05) is 6.58 Å². The van der Waals surface area contributed by atoms with Crippen LogP contribution in [0.3, 0.4) is 0 Å². The molecule has 0 saturated heterocycles. The predicted octanol–water partition coefficient (Wildman–Crippen LogP) is 1.44. The largest absolute Gasteiger partial charge is 0.462 e. The number of carbonyl (C=O) groups is 1. The summed E-state index contributed by atoms with van der Waals surface area (Å²) in [5.41, 5.74) is 5.76. The van der Waals surface area contributed by atoms with Crippen LogP contribution >= 0.6 is 0 Å².